The van der Waals surface area contributed by atoms with Gasteiger partial charge in [-0.15, -0.1) is 0 Å². The number of hydrogen-bond donors (Lipinski definition) is 1. The minimum absolute atomic E-state index is 0.300. The van der Waals surface area contributed by atoms with Crippen LogP contribution in [0.5, 0.6) is 0 Å². The van der Waals surface area contributed by atoms with Crippen molar-refractivity contribution in [2.24, 2.45) is 5.10 Å². The first kappa shape index (κ1) is 13.5. The normalized spacial score (nSPS) is 10.1. The standard InChI is InChI=1S/C11H7F3N4/c1-7-2-3-9(11(12,13)14)10(4-7)18-17-8(5-15)6-16/h2-4,18H,1H3. The predicted octanol–water partition coefficient (Wildman–Crippen LogP) is 2.83. The van der Waals surface area contributed by atoms with E-state index in [0.717, 1.165) is 6.07 Å². The Morgan fingerprint density at radius 3 is 2.39 bits per heavy atom. The first-order valence-electron chi connectivity index (χ1n) is 4.70. The van der Waals surface area contributed by atoms with Crippen molar-refractivity contribution >= 4 is 11.4 Å². The number of anilines is 1. The van der Waals surface area contributed by atoms with E-state index in [9.17, 15) is 13.2 Å². The summed E-state index contributed by atoms with van der Waals surface area (Å²) in [6.07, 6.45) is -4.54. The molecule has 4 nitrogen and oxygen atoms in total. The van der Waals surface area contributed by atoms with Gasteiger partial charge in [0.15, 0.2) is 0 Å². The highest BCUT2D eigenvalue weighted by Crippen LogP contribution is 2.35. The number of rotatable bonds is 2. The Labute approximate surface area is 101 Å². The Balaban J connectivity index is 3.17. The molecule has 0 atom stereocenters. The first-order chi connectivity index (χ1) is 8.38. The van der Waals surface area contributed by atoms with E-state index in [2.05, 4.69) is 10.5 Å². The summed E-state index contributed by atoms with van der Waals surface area (Å²) in [4.78, 5) is 0. The van der Waals surface area contributed by atoms with Crippen LogP contribution in [-0.2, 0) is 6.18 Å². The summed E-state index contributed by atoms with van der Waals surface area (Å²) in [6.45, 7) is 1.62. The lowest BCUT2D eigenvalue weighted by atomic mass is 10.1. The lowest BCUT2D eigenvalue weighted by Crippen LogP contribution is -2.09. The van der Waals surface area contributed by atoms with Crippen molar-refractivity contribution in [3.05, 3.63) is 29.3 Å². The summed E-state index contributed by atoms with van der Waals surface area (Å²) in [5.74, 6) is 0. The van der Waals surface area contributed by atoms with Gasteiger partial charge in [0.05, 0.1) is 11.3 Å². The van der Waals surface area contributed by atoms with Crippen LogP contribution in [0, 0.1) is 29.6 Å². The van der Waals surface area contributed by atoms with Gasteiger partial charge < -0.3 is 0 Å². The van der Waals surface area contributed by atoms with Crippen molar-refractivity contribution in [3.63, 3.8) is 0 Å². The Morgan fingerprint density at radius 2 is 1.89 bits per heavy atom. The van der Waals surface area contributed by atoms with E-state index in [1.54, 1.807) is 6.92 Å². The number of benzene rings is 1. The zero-order valence-corrected chi connectivity index (χ0v) is 9.21. The van der Waals surface area contributed by atoms with Gasteiger partial charge in [0.25, 0.3) is 0 Å². The average Bonchev–Trinajstić information content (AvgIpc) is 2.28. The van der Waals surface area contributed by atoms with Gasteiger partial charge >= 0.3 is 6.18 Å². The SMILES string of the molecule is Cc1ccc(C(F)(F)F)c(NN=C(C#N)C#N)c1. The quantitative estimate of drug-likeness (QED) is 0.649. The van der Waals surface area contributed by atoms with Gasteiger partial charge in [0.2, 0.25) is 5.71 Å². The molecule has 0 bridgehead atoms. The highest BCUT2D eigenvalue weighted by Gasteiger charge is 2.33. The highest BCUT2D eigenvalue weighted by molar-refractivity contribution is 6.10. The van der Waals surface area contributed by atoms with Gasteiger partial charge in [-0.25, -0.2) is 0 Å². The number of halogens is 3. The van der Waals surface area contributed by atoms with Crippen LogP contribution in [0.25, 0.3) is 0 Å². The number of alkyl halides is 3. The van der Waals surface area contributed by atoms with Crippen LogP contribution in [-0.4, -0.2) is 5.71 Å². The number of nitriles is 2. The van der Waals surface area contributed by atoms with Gasteiger partial charge in [-0.05, 0) is 24.6 Å². The van der Waals surface area contributed by atoms with Crippen LogP contribution in [0.15, 0.2) is 23.3 Å². The maximum atomic E-state index is 12.6. The monoisotopic (exact) mass is 252 g/mol. The van der Waals surface area contributed by atoms with E-state index in [1.807, 2.05) is 0 Å². The molecule has 0 unspecified atom stereocenters. The Morgan fingerprint density at radius 1 is 1.28 bits per heavy atom. The maximum Gasteiger partial charge on any atom is 0.418 e. The second-order valence-electron chi connectivity index (χ2n) is 3.34. The third kappa shape index (κ3) is 3.22. The third-order valence-corrected chi connectivity index (χ3v) is 1.98. The second-order valence-corrected chi connectivity index (χ2v) is 3.34. The van der Waals surface area contributed by atoms with E-state index in [1.165, 1.54) is 24.3 Å². The zero-order valence-electron chi connectivity index (χ0n) is 9.21. The molecule has 0 amide bonds. The summed E-state index contributed by atoms with van der Waals surface area (Å²) >= 11 is 0. The summed E-state index contributed by atoms with van der Waals surface area (Å²) < 4.78 is 37.9. The van der Waals surface area contributed by atoms with Crippen molar-refractivity contribution < 1.29 is 13.2 Å². The fraction of sp³-hybridized carbons (Fsp3) is 0.182. The number of aryl methyl sites for hydroxylation is 1. The number of nitrogens with one attached hydrogen (secondary N) is 1. The van der Waals surface area contributed by atoms with Gasteiger partial charge in [0.1, 0.15) is 12.1 Å². The van der Waals surface area contributed by atoms with Crippen LogP contribution in [0.1, 0.15) is 11.1 Å². The topological polar surface area (TPSA) is 72.0 Å². The van der Waals surface area contributed by atoms with E-state index in [-0.39, 0.29) is 5.69 Å². The molecular formula is C11H7F3N4. The molecule has 0 saturated carbocycles. The van der Waals surface area contributed by atoms with Gasteiger partial charge in [-0.2, -0.15) is 28.8 Å². The molecule has 1 rings (SSSR count). The molecule has 1 aromatic rings. The molecular weight excluding hydrogens is 245 g/mol. The molecule has 0 aliphatic carbocycles. The largest absolute Gasteiger partial charge is 0.418 e. The van der Waals surface area contributed by atoms with Gasteiger partial charge in [-0.3, -0.25) is 5.43 Å². The molecule has 7 heteroatoms. The molecule has 0 saturated heterocycles. The van der Waals surface area contributed by atoms with Crippen LogP contribution in [0.4, 0.5) is 18.9 Å². The van der Waals surface area contributed by atoms with Crippen LogP contribution in [0.2, 0.25) is 0 Å². The highest BCUT2D eigenvalue weighted by atomic mass is 19.4. The predicted molar refractivity (Wildman–Crippen MR) is 58.5 cm³/mol. The van der Waals surface area contributed by atoms with Crippen molar-refractivity contribution in [1.29, 1.82) is 10.5 Å². The molecule has 0 heterocycles. The van der Waals surface area contributed by atoms with Gasteiger partial charge in [0, 0.05) is 0 Å². The van der Waals surface area contributed by atoms with E-state index in [4.69, 9.17) is 10.5 Å². The lowest BCUT2D eigenvalue weighted by Gasteiger charge is -2.12. The lowest BCUT2D eigenvalue weighted by molar-refractivity contribution is -0.136. The number of nitrogens with zero attached hydrogens (tertiary/aromatic N) is 3. The summed E-state index contributed by atoms with van der Waals surface area (Å²) in [7, 11) is 0. The molecule has 92 valence electrons. The maximum absolute atomic E-state index is 12.6. The van der Waals surface area contributed by atoms with Crippen molar-refractivity contribution in [3.8, 4) is 12.1 Å². The summed E-state index contributed by atoms with van der Waals surface area (Å²) in [6, 6.07) is 6.34. The van der Waals surface area contributed by atoms with Crippen LogP contribution >= 0.6 is 0 Å². The zero-order chi connectivity index (χ0) is 13.8. The van der Waals surface area contributed by atoms with Gasteiger partial charge in [-0.1, -0.05) is 6.07 Å². The van der Waals surface area contributed by atoms with E-state index < -0.39 is 17.5 Å². The third-order valence-electron chi connectivity index (χ3n) is 1.98. The molecule has 0 radical (unpaired) electrons. The Bertz CT molecular complexity index is 545. The van der Waals surface area contributed by atoms with Crippen LogP contribution in [0.3, 0.4) is 0 Å². The van der Waals surface area contributed by atoms with E-state index in [0.29, 0.717) is 5.56 Å². The number of hydrogen-bond acceptors (Lipinski definition) is 4. The molecule has 0 fully saturated rings. The average molecular weight is 252 g/mol. The first-order valence-corrected chi connectivity index (χ1v) is 4.70. The molecule has 0 aliphatic heterocycles. The molecule has 1 N–H and O–H groups in total. The van der Waals surface area contributed by atoms with Crippen molar-refractivity contribution in [2.75, 3.05) is 5.43 Å². The number of hydrazone groups is 1. The molecule has 0 aromatic heterocycles. The summed E-state index contributed by atoms with van der Waals surface area (Å²) in [5, 5.41) is 20.1. The fourth-order valence-corrected chi connectivity index (χ4v) is 1.19. The molecule has 0 spiro atoms. The van der Waals surface area contributed by atoms with Crippen molar-refractivity contribution in [1.82, 2.24) is 0 Å². The minimum Gasteiger partial charge on any atom is -0.276 e. The molecule has 18 heavy (non-hydrogen) atoms. The smallest absolute Gasteiger partial charge is 0.276 e. The summed E-state index contributed by atoms with van der Waals surface area (Å²) in [5.41, 5.74) is 0.917. The minimum atomic E-state index is -4.54. The molecule has 0 aliphatic rings. The molecule has 1 aromatic carbocycles. The van der Waals surface area contributed by atoms with Crippen molar-refractivity contribution in [2.45, 2.75) is 13.1 Å². The fourth-order valence-electron chi connectivity index (χ4n) is 1.19. The van der Waals surface area contributed by atoms with Crippen LogP contribution < -0.4 is 5.43 Å². The Hall–Kier alpha value is -2.54. The second kappa shape index (κ2) is 5.19. The van der Waals surface area contributed by atoms with E-state index >= 15 is 0 Å². The Kier molecular flexibility index (Phi) is 3.90.